The first-order valence-corrected chi connectivity index (χ1v) is 6.69. The normalized spacial score (nSPS) is 20.0. The van der Waals surface area contributed by atoms with Crippen LogP contribution < -0.4 is 10.6 Å². The third-order valence-electron chi connectivity index (χ3n) is 2.58. The van der Waals surface area contributed by atoms with E-state index in [4.69, 9.17) is 4.74 Å². The zero-order valence-corrected chi connectivity index (χ0v) is 11.5. The van der Waals surface area contributed by atoms with E-state index in [2.05, 4.69) is 36.5 Å². The standard InChI is InChI=1S/C11H17BrN4O/c1-2-13-11-14-6-9(12)10(16-11)15-8-4-3-5-17-7-8/h6,8H,2-5,7H2,1H3,(H2,13,14,15,16). The molecule has 0 aliphatic carbocycles. The average Bonchev–Trinajstić information content (AvgIpc) is 2.35. The van der Waals surface area contributed by atoms with Crippen molar-refractivity contribution in [3.05, 3.63) is 10.7 Å². The molecule has 2 heterocycles. The molecule has 6 heteroatoms. The van der Waals surface area contributed by atoms with Crippen molar-refractivity contribution in [1.29, 1.82) is 0 Å². The van der Waals surface area contributed by atoms with Crippen LogP contribution in [0.2, 0.25) is 0 Å². The molecule has 2 N–H and O–H groups in total. The lowest BCUT2D eigenvalue weighted by Crippen LogP contribution is -2.30. The van der Waals surface area contributed by atoms with Crippen LogP contribution in [0.4, 0.5) is 11.8 Å². The largest absolute Gasteiger partial charge is 0.379 e. The molecule has 1 unspecified atom stereocenters. The predicted molar refractivity (Wildman–Crippen MR) is 71.4 cm³/mol. The second kappa shape index (κ2) is 6.16. The van der Waals surface area contributed by atoms with Gasteiger partial charge in [-0.05, 0) is 35.7 Å². The van der Waals surface area contributed by atoms with Gasteiger partial charge in [-0.3, -0.25) is 0 Å². The topological polar surface area (TPSA) is 59.1 Å². The van der Waals surface area contributed by atoms with Crippen LogP contribution in [0.15, 0.2) is 10.7 Å². The number of rotatable bonds is 4. The molecule has 5 nitrogen and oxygen atoms in total. The van der Waals surface area contributed by atoms with E-state index in [1.807, 2.05) is 6.92 Å². The van der Waals surface area contributed by atoms with Gasteiger partial charge in [0.2, 0.25) is 5.95 Å². The summed E-state index contributed by atoms with van der Waals surface area (Å²) in [6, 6.07) is 0.337. The SMILES string of the molecule is CCNc1ncc(Br)c(NC2CCCOC2)n1. The molecule has 0 bridgehead atoms. The van der Waals surface area contributed by atoms with Gasteiger partial charge in [0.15, 0.2) is 0 Å². The summed E-state index contributed by atoms with van der Waals surface area (Å²) in [6.07, 6.45) is 3.98. The summed E-state index contributed by atoms with van der Waals surface area (Å²) in [5.74, 6) is 1.47. The van der Waals surface area contributed by atoms with Crippen molar-refractivity contribution in [3.63, 3.8) is 0 Å². The monoisotopic (exact) mass is 300 g/mol. The molecule has 1 saturated heterocycles. The van der Waals surface area contributed by atoms with Gasteiger partial charge in [-0.25, -0.2) is 4.98 Å². The number of ether oxygens (including phenoxy) is 1. The first kappa shape index (κ1) is 12.6. The average molecular weight is 301 g/mol. The predicted octanol–water partition coefficient (Wildman–Crippen LogP) is 2.26. The molecule has 17 heavy (non-hydrogen) atoms. The van der Waals surface area contributed by atoms with Crippen LogP contribution in [-0.2, 0) is 4.74 Å². The first-order valence-electron chi connectivity index (χ1n) is 5.90. The number of nitrogens with one attached hydrogen (secondary N) is 2. The number of hydrogen-bond acceptors (Lipinski definition) is 5. The highest BCUT2D eigenvalue weighted by Gasteiger charge is 2.15. The lowest BCUT2D eigenvalue weighted by Gasteiger charge is -2.24. The highest BCUT2D eigenvalue weighted by molar-refractivity contribution is 9.10. The molecular weight excluding hydrogens is 284 g/mol. The van der Waals surface area contributed by atoms with Crippen molar-refractivity contribution in [1.82, 2.24) is 9.97 Å². The Bertz CT molecular complexity index is 368. The number of hydrogen-bond donors (Lipinski definition) is 2. The lowest BCUT2D eigenvalue weighted by atomic mass is 10.1. The molecule has 0 aromatic carbocycles. The molecule has 94 valence electrons. The van der Waals surface area contributed by atoms with Gasteiger partial charge in [0.1, 0.15) is 5.82 Å². The van der Waals surface area contributed by atoms with Crippen molar-refractivity contribution in [2.75, 3.05) is 30.4 Å². The molecule has 1 aliphatic rings. The Hall–Kier alpha value is -0.880. The number of halogens is 1. The molecule has 0 spiro atoms. The van der Waals surface area contributed by atoms with Crippen LogP contribution >= 0.6 is 15.9 Å². The number of aromatic nitrogens is 2. The van der Waals surface area contributed by atoms with Crippen LogP contribution in [0.5, 0.6) is 0 Å². The van der Waals surface area contributed by atoms with Crippen LogP contribution in [0.25, 0.3) is 0 Å². The Labute approximate surface area is 110 Å². The Morgan fingerprint density at radius 1 is 1.59 bits per heavy atom. The fourth-order valence-electron chi connectivity index (χ4n) is 1.76. The molecule has 0 radical (unpaired) electrons. The summed E-state index contributed by atoms with van der Waals surface area (Å²) in [4.78, 5) is 8.60. The minimum Gasteiger partial charge on any atom is -0.379 e. The van der Waals surface area contributed by atoms with Crippen molar-refractivity contribution in [2.24, 2.45) is 0 Å². The number of nitrogens with zero attached hydrogens (tertiary/aromatic N) is 2. The molecule has 1 aromatic heterocycles. The van der Waals surface area contributed by atoms with E-state index >= 15 is 0 Å². The van der Waals surface area contributed by atoms with E-state index in [9.17, 15) is 0 Å². The molecule has 1 fully saturated rings. The van der Waals surface area contributed by atoms with E-state index < -0.39 is 0 Å². The molecular formula is C11H17BrN4O. The quantitative estimate of drug-likeness (QED) is 0.893. The smallest absolute Gasteiger partial charge is 0.224 e. The van der Waals surface area contributed by atoms with Gasteiger partial charge in [-0.15, -0.1) is 0 Å². The van der Waals surface area contributed by atoms with Crippen molar-refractivity contribution >= 4 is 27.7 Å². The van der Waals surface area contributed by atoms with Gasteiger partial charge in [-0.2, -0.15) is 4.98 Å². The summed E-state index contributed by atoms with van der Waals surface area (Å²) < 4.78 is 6.31. The van der Waals surface area contributed by atoms with Crippen molar-refractivity contribution in [3.8, 4) is 0 Å². The van der Waals surface area contributed by atoms with Crippen LogP contribution in [0.1, 0.15) is 19.8 Å². The van der Waals surface area contributed by atoms with Crippen LogP contribution in [0, 0.1) is 0 Å². The zero-order chi connectivity index (χ0) is 12.1. The van der Waals surface area contributed by atoms with Gasteiger partial charge in [-0.1, -0.05) is 0 Å². The number of anilines is 2. The molecule has 1 atom stereocenters. The maximum Gasteiger partial charge on any atom is 0.224 e. The van der Waals surface area contributed by atoms with Crippen molar-refractivity contribution < 1.29 is 4.74 Å². The Morgan fingerprint density at radius 3 is 3.18 bits per heavy atom. The Kier molecular flexibility index (Phi) is 4.56. The summed E-state index contributed by atoms with van der Waals surface area (Å²) in [5.41, 5.74) is 0. The van der Waals surface area contributed by atoms with Gasteiger partial charge >= 0.3 is 0 Å². The Morgan fingerprint density at radius 2 is 2.47 bits per heavy atom. The Balaban J connectivity index is 2.04. The van der Waals surface area contributed by atoms with E-state index in [0.29, 0.717) is 12.0 Å². The maximum absolute atomic E-state index is 5.44. The second-order valence-electron chi connectivity index (χ2n) is 3.98. The fourth-order valence-corrected chi connectivity index (χ4v) is 2.07. The van der Waals surface area contributed by atoms with Gasteiger partial charge in [0.05, 0.1) is 17.1 Å². The van der Waals surface area contributed by atoms with Gasteiger partial charge < -0.3 is 15.4 Å². The summed E-state index contributed by atoms with van der Waals surface area (Å²) in [5, 5.41) is 6.48. The first-order chi connectivity index (χ1) is 8.29. The molecule has 0 saturated carbocycles. The van der Waals surface area contributed by atoms with E-state index in [0.717, 1.165) is 42.9 Å². The summed E-state index contributed by atoms with van der Waals surface area (Å²) in [7, 11) is 0. The zero-order valence-electron chi connectivity index (χ0n) is 9.87. The molecule has 1 aromatic rings. The third kappa shape index (κ3) is 3.54. The van der Waals surface area contributed by atoms with Crippen molar-refractivity contribution in [2.45, 2.75) is 25.8 Å². The van der Waals surface area contributed by atoms with E-state index in [-0.39, 0.29) is 0 Å². The third-order valence-corrected chi connectivity index (χ3v) is 3.16. The maximum atomic E-state index is 5.44. The fraction of sp³-hybridized carbons (Fsp3) is 0.636. The second-order valence-corrected chi connectivity index (χ2v) is 4.83. The van der Waals surface area contributed by atoms with E-state index in [1.165, 1.54) is 0 Å². The van der Waals surface area contributed by atoms with Crippen LogP contribution in [-0.4, -0.2) is 35.8 Å². The lowest BCUT2D eigenvalue weighted by molar-refractivity contribution is 0.0875. The minimum absolute atomic E-state index is 0.337. The summed E-state index contributed by atoms with van der Waals surface area (Å²) in [6.45, 7) is 4.44. The molecule has 1 aliphatic heterocycles. The van der Waals surface area contributed by atoms with Gasteiger partial charge in [0, 0.05) is 19.3 Å². The highest BCUT2D eigenvalue weighted by atomic mass is 79.9. The highest BCUT2D eigenvalue weighted by Crippen LogP contribution is 2.22. The van der Waals surface area contributed by atoms with E-state index in [1.54, 1.807) is 6.20 Å². The van der Waals surface area contributed by atoms with Gasteiger partial charge in [0.25, 0.3) is 0 Å². The van der Waals surface area contributed by atoms with Crippen LogP contribution in [0.3, 0.4) is 0 Å². The molecule has 2 rings (SSSR count). The summed E-state index contributed by atoms with van der Waals surface area (Å²) >= 11 is 3.45. The molecule has 0 amide bonds. The minimum atomic E-state index is 0.337.